The van der Waals surface area contributed by atoms with Crippen molar-refractivity contribution >= 4 is 5.91 Å². The molecule has 0 heterocycles. The second-order valence-electron chi connectivity index (χ2n) is 6.29. The summed E-state index contributed by atoms with van der Waals surface area (Å²) in [5.41, 5.74) is 3.24. The summed E-state index contributed by atoms with van der Waals surface area (Å²) in [6.07, 6.45) is 0.0937. The van der Waals surface area contributed by atoms with Crippen molar-refractivity contribution in [3.8, 4) is 11.5 Å². The van der Waals surface area contributed by atoms with Gasteiger partial charge in [0.15, 0.2) is 6.10 Å². The largest absolute Gasteiger partial charge is 0.497 e. The number of nitrogens with one attached hydrogen (secondary N) is 1. The van der Waals surface area contributed by atoms with E-state index in [1.54, 1.807) is 7.11 Å². The van der Waals surface area contributed by atoms with Gasteiger partial charge in [0.2, 0.25) is 0 Å². The van der Waals surface area contributed by atoms with Gasteiger partial charge in [-0.1, -0.05) is 36.8 Å². The summed E-state index contributed by atoms with van der Waals surface area (Å²) >= 11 is 0. The monoisotopic (exact) mass is 341 g/mol. The van der Waals surface area contributed by atoms with Gasteiger partial charge in [-0.3, -0.25) is 4.79 Å². The van der Waals surface area contributed by atoms with Crippen LogP contribution in [0.25, 0.3) is 0 Å². The van der Waals surface area contributed by atoms with E-state index in [2.05, 4.69) is 11.4 Å². The molecule has 4 nitrogen and oxygen atoms in total. The van der Waals surface area contributed by atoms with Crippen LogP contribution < -0.4 is 14.8 Å². The van der Waals surface area contributed by atoms with Crippen molar-refractivity contribution in [3.63, 3.8) is 0 Å². The van der Waals surface area contributed by atoms with Gasteiger partial charge in [0.05, 0.1) is 13.2 Å². The first-order valence-electron chi connectivity index (χ1n) is 8.62. The molecule has 0 saturated heterocycles. The molecule has 0 aliphatic rings. The van der Waals surface area contributed by atoms with Gasteiger partial charge in [0.25, 0.3) is 5.91 Å². The molecule has 2 aromatic carbocycles. The first-order chi connectivity index (χ1) is 11.9. The molecule has 0 saturated carbocycles. The predicted octanol–water partition coefficient (Wildman–Crippen LogP) is 4.35. The molecule has 2 aromatic rings. The Morgan fingerprint density at radius 3 is 2.36 bits per heavy atom. The van der Waals surface area contributed by atoms with Crippen molar-refractivity contribution in [2.45, 2.75) is 46.3 Å². The van der Waals surface area contributed by atoms with E-state index in [1.807, 2.05) is 64.1 Å². The molecule has 0 aromatic heterocycles. The molecule has 2 atom stereocenters. The van der Waals surface area contributed by atoms with Crippen molar-refractivity contribution < 1.29 is 14.3 Å². The number of hydrogen-bond acceptors (Lipinski definition) is 3. The van der Waals surface area contributed by atoms with Crippen molar-refractivity contribution in [1.29, 1.82) is 0 Å². The highest BCUT2D eigenvalue weighted by molar-refractivity contribution is 5.81. The zero-order valence-corrected chi connectivity index (χ0v) is 15.6. The molecule has 0 unspecified atom stereocenters. The molecule has 25 heavy (non-hydrogen) atoms. The van der Waals surface area contributed by atoms with Crippen LogP contribution in [0.5, 0.6) is 11.5 Å². The van der Waals surface area contributed by atoms with Gasteiger partial charge in [-0.2, -0.15) is 0 Å². The van der Waals surface area contributed by atoms with Gasteiger partial charge >= 0.3 is 0 Å². The molecule has 0 bridgehead atoms. The second kappa shape index (κ2) is 8.56. The van der Waals surface area contributed by atoms with E-state index < -0.39 is 6.10 Å². The van der Waals surface area contributed by atoms with E-state index in [9.17, 15) is 4.79 Å². The molecule has 0 fully saturated rings. The van der Waals surface area contributed by atoms with Crippen molar-refractivity contribution in [2.24, 2.45) is 0 Å². The molecule has 0 spiro atoms. The number of carbonyl (C=O) groups is 1. The van der Waals surface area contributed by atoms with Crippen LogP contribution in [-0.4, -0.2) is 19.1 Å². The topological polar surface area (TPSA) is 47.6 Å². The lowest BCUT2D eigenvalue weighted by molar-refractivity contribution is -0.128. The van der Waals surface area contributed by atoms with Crippen LogP contribution in [0.15, 0.2) is 42.5 Å². The molecule has 0 aliphatic heterocycles. The Labute approximate surface area is 150 Å². The van der Waals surface area contributed by atoms with Crippen LogP contribution in [0.2, 0.25) is 0 Å². The van der Waals surface area contributed by atoms with E-state index >= 15 is 0 Å². The summed E-state index contributed by atoms with van der Waals surface area (Å²) in [4.78, 5) is 12.6. The first-order valence-corrected chi connectivity index (χ1v) is 8.62. The zero-order chi connectivity index (χ0) is 18.4. The van der Waals surface area contributed by atoms with Gasteiger partial charge in [-0.15, -0.1) is 0 Å². The lowest BCUT2D eigenvalue weighted by Crippen LogP contribution is -2.39. The molecule has 1 N–H and O–H groups in total. The fourth-order valence-corrected chi connectivity index (χ4v) is 2.69. The Morgan fingerprint density at radius 2 is 1.80 bits per heavy atom. The van der Waals surface area contributed by atoms with Crippen LogP contribution in [0.1, 0.15) is 43.0 Å². The Bertz CT molecular complexity index is 710. The third-order valence-electron chi connectivity index (χ3n) is 4.24. The summed E-state index contributed by atoms with van der Waals surface area (Å²) in [7, 11) is 1.64. The van der Waals surface area contributed by atoms with Crippen LogP contribution in [0, 0.1) is 13.8 Å². The highest BCUT2D eigenvalue weighted by Crippen LogP contribution is 2.22. The number of amides is 1. The third kappa shape index (κ3) is 4.99. The molecule has 2 rings (SSSR count). The number of aryl methyl sites for hydroxylation is 2. The SMILES string of the molecule is CC[C@@H](Oc1ccc(C)cc1C)C(=O)N[C@@H](C)c1ccc(OC)cc1. The van der Waals surface area contributed by atoms with Gasteiger partial charge in [0, 0.05) is 0 Å². The molecule has 1 amide bonds. The van der Waals surface area contributed by atoms with E-state index in [0.29, 0.717) is 6.42 Å². The van der Waals surface area contributed by atoms with E-state index in [4.69, 9.17) is 9.47 Å². The van der Waals surface area contributed by atoms with E-state index in [1.165, 1.54) is 5.56 Å². The summed E-state index contributed by atoms with van der Waals surface area (Å²) in [5.74, 6) is 1.45. The van der Waals surface area contributed by atoms with E-state index in [-0.39, 0.29) is 11.9 Å². The molecule has 4 heteroatoms. The summed E-state index contributed by atoms with van der Waals surface area (Å²) in [5, 5.41) is 3.03. The Balaban J connectivity index is 2.03. The van der Waals surface area contributed by atoms with E-state index in [0.717, 1.165) is 22.6 Å². The smallest absolute Gasteiger partial charge is 0.261 e. The summed E-state index contributed by atoms with van der Waals surface area (Å²) in [6, 6.07) is 13.6. The average Bonchev–Trinajstić information content (AvgIpc) is 2.61. The minimum absolute atomic E-state index is 0.102. The van der Waals surface area contributed by atoms with Gasteiger partial charge in [-0.25, -0.2) is 0 Å². The molecule has 134 valence electrons. The van der Waals surface area contributed by atoms with Crippen LogP contribution in [0.4, 0.5) is 0 Å². The number of rotatable bonds is 7. The third-order valence-corrected chi connectivity index (χ3v) is 4.24. The molecule has 0 aliphatic carbocycles. The Hall–Kier alpha value is -2.49. The summed E-state index contributed by atoms with van der Waals surface area (Å²) < 4.78 is 11.1. The predicted molar refractivity (Wildman–Crippen MR) is 100 cm³/mol. The number of benzene rings is 2. The normalized spacial score (nSPS) is 13.0. The highest BCUT2D eigenvalue weighted by atomic mass is 16.5. The van der Waals surface area contributed by atoms with Gasteiger partial charge in [-0.05, 0) is 56.5 Å². The second-order valence-corrected chi connectivity index (χ2v) is 6.29. The quantitative estimate of drug-likeness (QED) is 0.814. The maximum atomic E-state index is 12.6. The summed E-state index contributed by atoms with van der Waals surface area (Å²) in [6.45, 7) is 7.94. The molecular formula is C21H27NO3. The van der Waals surface area contributed by atoms with Crippen LogP contribution >= 0.6 is 0 Å². The lowest BCUT2D eigenvalue weighted by atomic mass is 10.1. The highest BCUT2D eigenvalue weighted by Gasteiger charge is 2.21. The lowest BCUT2D eigenvalue weighted by Gasteiger charge is -2.22. The van der Waals surface area contributed by atoms with Gasteiger partial charge in [0.1, 0.15) is 11.5 Å². The minimum atomic E-state index is -0.512. The van der Waals surface area contributed by atoms with Crippen molar-refractivity contribution in [1.82, 2.24) is 5.32 Å². The number of ether oxygens (including phenoxy) is 2. The first kappa shape index (κ1) is 18.8. The minimum Gasteiger partial charge on any atom is -0.497 e. The number of hydrogen-bond donors (Lipinski definition) is 1. The maximum Gasteiger partial charge on any atom is 0.261 e. The fraction of sp³-hybridized carbons (Fsp3) is 0.381. The standard InChI is InChI=1S/C21H27NO3/c1-6-19(25-20-12-7-14(2)13-15(20)3)21(23)22-16(4)17-8-10-18(24-5)11-9-17/h7-13,16,19H,6H2,1-5H3,(H,22,23)/t16-,19+/m0/s1. The molecule has 0 radical (unpaired) electrons. The number of methoxy groups -OCH3 is 1. The van der Waals surface area contributed by atoms with Crippen LogP contribution in [-0.2, 0) is 4.79 Å². The van der Waals surface area contributed by atoms with Crippen molar-refractivity contribution in [3.05, 3.63) is 59.2 Å². The van der Waals surface area contributed by atoms with Crippen molar-refractivity contribution in [2.75, 3.05) is 7.11 Å². The Morgan fingerprint density at radius 1 is 1.12 bits per heavy atom. The Kier molecular flexibility index (Phi) is 6.45. The zero-order valence-electron chi connectivity index (χ0n) is 15.6. The average molecular weight is 341 g/mol. The van der Waals surface area contributed by atoms with Crippen LogP contribution in [0.3, 0.4) is 0 Å². The van der Waals surface area contributed by atoms with Gasteiger partial charge < -0.3 is 14.8 Å². The number of carbonyl (C=O) groups excluding carboxylic acids is 1. The molecular weight excluding hydrogens is 314 g/mol. The maximum absolute atomic E-state index is 12.6. The fourth-order valence-electron chi connectivity index (χ4n) is 2.69.